The van der Waals surface area contributed by atoms with Crippen LogP contribution in [0.3, 0.4) is 0 Å². The summed E-state index contributed by atoms with van der Waals surface area (Å²) in [6, 6.07) is 8.01. The molecule has 2 aromatic rings. The summed E-state index contributed by atoms with van der Waals surface area (Å²) in [5.74, 6) is 3.07. The van der Waals surface area contributed by atoms with Gasteiger partial charge in [-0.2, -0.15) is 0 Å². The summed E-state index contributed by atoms with van der Waals surface area (Å²) in [7, 11) is 3.48. The molecule has 0 saturated carbocycles. The Labute approximate surface area is 151 Å². The van der Waals surface area contributed by atoms with Crippen molar-refractivity contribution < 1.29 is 9.47 Å². The Morgan fingerprint density at radius 1 is 1.24 bits per heavy atom. The SMILES string of the molecule is CNc1nc(SCc2ccc(OC)cc2)nc(N2CCOCC2)c1N. The molecule has 8 heteroatoms. The third kappa shape index (κ3) is 4.26. The van der Waals surface area contributed by atoms with E-state index in [1.807, 2.05) is 31.3 Å². The zero-order valence-electron chi connectivity index (χ0n) is 14.5. The molecule has 1 aromatic heterocycles. The number of nitrogen functional groups attached to an aromatic ring is 1. The van der Waals surface area contributed by atoms with Crippen molar-refractivity contribution in [3.63, 3.8) is 0 Å². The van der Waals surface area contributed by atoms with Crippen LogP contribution in [0.1, 0.15) is 5.56 Å². The summed E-state index contributed by atoms with van der Waals surface area (Å²) in [5, 5.41) is 3.77. The van der Waals surface area contributed by atoms with E-state index < -0.39 is 0 Å². The maximum atomic E-state index is 6.24. The number of nitrogens with zero attached hydrogens (tertiary/aromatic N) is 3. The average Bonchev–Trinajstić information content (AvgIpc) is 2.68. The third-order valence-electron chi connectivity index (χ3n) is 3.98. The number of nitrogens with one attached hydrogen (secondary N) is 1. The fourth-order valence-corrected chi connectivity index (χ4v) is 3.37. The normalized spacial score (nSPS) is 14.4. The van der Waals surface area contributed by atoms with E-state index in [4.69, 9.17) is 15.2 Å². The molecule has 0 radical (unpaired) electrons. The number of morpholine rings is 1. The smallest absolute Gasteiger partial charge is 0.191 e. The van der Waals surface area contributed by atoms with Gasteiger partial charge < -0.3 is 25.4 Å². The van der Waals surface area contributed by atoms with Crippen molar-refractivity contribution in [3.8, 4) is 5.75 Å². The van der Waals surface area contributed by atoms with Crippen LogP contribution in [0.15, 0.2) is 29.4 Å². The summed E-state index contributed by atoms with van der Waals surface area (Å²) in [6.45, 7) is 2.94. The largest absolute Gasteiger partial charge is 0.497 e. The van der Waals surface area contributed by atoms with Gasteiger partial charge in [-0.25, -0.2) is 9.97 Å². The van der Waals surface area contributed by atoms with Crippen molar-refractivity contribution in [2.75, 3.05) is 56.4 Å². The summed E-state index contributed by atoms with van der Waals surface area (Å²) in [4.78, 5) is 11.4. The van der Waals surface area contributed by atoms with Gasteiger partial charge in [0.25, 0.3) is 0 Å². The number of hydrogen-bond acceptors (Lipinski definition) is 8. The number of thioether (sulfide) groups is 1. The van der Waals surface area contributed by atoms with Gasteiger partial charge in [-0.1, -0.05) is 23.9 Å². The minimum atomic E-state index is 0.582. The first-order chi connectivity index (χ1) is 12.2. The Morgan fingerprint density at radius 2 is 1.96 bits per heavy atom. The molecule has 1 aliphatic rings. The lowest BCUT2D eigenvalue weighted by atomic mass is 10.2. The van der Waals surface area contributed by atoms with Crippen LogP contribution in [0.25, 0.3) is 0 Å². The third-order valence-corrected chi connectivity index (χ3v) is 4.90. The molecule has 134 valence electrons. The maximum absolute atomic E-state index is 6.24. The molecule has 1 aliphatic heterocycles. The molecule has 1 fully saturated rings. The fourth-order valence-electron chi connectivity index (χ4n) is 2.58. The molecule has 3 N–H and O–H groups in total. The molecule has 0 unspecified atom stereocenters. The lowest BCUT2D eigenvalue weighted by Crippen LogP contribution is -2.37. The number of benzene rings is 1. The van der Waals surface area contributed by atoms with Gasteiger partial charge in [-0.3, -0.25) is 0 Å². The molecule has 1 aromatic carbocycles. The van der Waals surface area contributed by atoms with Crippen LogP contribution in [0.4, 0.5) is 17.3 Å². The average molecular weight is 361 g/mol. The molecule has 0 spiro atoms. The van der Waals surface area contributed by atoms with Crippen molar-refractivity contribution in [1.29, 1.82) is 0 Å². The summed E-state index contributed by atoms with van der Waals surface area (Å²) in [5.41, 5.74) is 8.01. The van der Waals surface area contributed by atoms with E-state index in [2.05, 4.69) is 20.2 Å². The number of anilines is 3. The number of methoxy groups -OCH3 is 1. The monoisotopic (exact) mass is 361 g/mol. The number of ether oxygens (including phenoxy) is 2. The summed E-state index contributed by atoms with van der Waals surface area (Å²) >= 11 is 1.59. The first-order valence-electron chi connectivity index (χ1n) is 8.15. The van der Waals surface area contributed by atoms with Crippen molar-refractivity contribution in [2.24, 2.45) is 0 Å². The van der Waals surface area contributed by atoms with Gasteiger partial charge >= 0.3 is 0 Å². The highest BCUT2D eigenvalue weighted by Crippen LogP contribution is 2.31. The molecule has 2 heterocycles. The highest BCUT2D eigenvalue weighted by molar-refractivity contribution is 7.98. The van der Waals surface area contributed by atoms with Crippen LogP contribution in [-0.2, 0) is 10.5 Å². The van der Waals surface area contributed by atoms with Crippen LogP contribution in [0.2, 0.25) is 0 Å². The van der Waals surface area contributed by atoms with Crippen molar-refractivity contribution in [1.82, 2.24) is 9.97 Å². The highest BCUT2D eigenvalue weighted by atomic mass is 32.2. The second-order valence-corrected chi connectivity index (χ2v) is 6.52. The Bertz CT molecular complexity index is 705. The van der Waals surface area contributed by atoms with E-state index in [0.29, 0.717) is 29.9 Å². The van der Waals surface area contributed by atoms with Gasteiger partial charge in [0.05, 0.1) is 20.3 Å². The Balaban J connectivity index is 1.77. The molecule has 0 aliphatic carbocycles. The summed E-state index contributed by atoms with van der Waals surface area (Å²) in [6.07, 6.45) is 0. The zero-order chi connectivity index (χ0) is 17.6. The molecule has 7 nitrogen and oxygen atoms in total. The lowest BCUT2D eigenvalue weighted by Gasteiger charge is -2.29. The Kier molecular flexibility index (Phi) is 5.83. The Hall–Kier alpha value is -2.19. The molecular weight excluding hydrogens is 338 g/mol. The van der Waals surface area contributed by atoms with Gasteiger partial charge in [0, 0.05) is 25.9 Å². The number of rotatable bonds is 6. The second kappa shape index (κ2) is 8.26. The molecule has 1 saturated heterocycles. The number of aromatic nitrogens is 2. The van der Waals surface area contributed by atoms with Crippen LogP contribution in [0, 0.1) is 0 Å². The van der Waals surface area contributed by atoms with Gasteiger partial charge in [-0.15, -0.1) is 0 Å². The molecule has 25 heavy (non-hydrogen) atoms. The number of hydrogen-bond donors (Lipinski definition) is 2. The zero-order valence-corrected chi connectivity index (χ0v) is 15.3. The molecular formula is C17H23N5O2S. The Morgan fingerprint density at radius 3 is 2.60 bits per heavy atom. The van der Waals surface area contributed by atoms with Crippen LogP contribution in [0.5, 0.6) is 5.75 Å². The fraction of sp³-hybridized carbons (Fsp3) is 0.412. The lowest BCUT2D eigenvalue weighted by molar-refractivity contribution is 0.122. The van der Waals surface area contributed by atoms with Crippen LogP contribution >= 0.6 is 11.8 Å². The van der Waals surface area contributed by atoms with Gasteiger partial charge in [0.15, 0.2) is 16.8 Å². The topological polar surface area (TPSA) is 85.5 Å². The van der Waals surface area contributed by atoms with E-state index in [1.54, 1.807) is 18.9 Å². The highest BCUT2D eigenvalue weighted by Gasteiger charge is 2.19. The van der Waals surface area contributed by atoms with E-state index in [-0.39, 0.29) is 0 Å². The van der Waals surface area contributed by atoms with Crippen LogP contribution < -0.4 is 20.7 Å². The molecule has 3 rings (SSSR count). The van der Waals surface area contributed by atoms with Crippen LogP contribution in [-0.4, -0.2) is 50.4 Å². The van der Waals surface area contributed by atoms with E-state index in [9.17, 15) is 0 Å². The van der Waals surface area contributed by atoms with Crippen molar-refractivity contribution in [3.05, 3.63) is 29.8 Å². The quantitative estimate of drug-likeness (QED) is 0.598. The summed E-state index contributed by atoms with van der Waals surface area (Å²) < 4.78 is 10.6. The van der Waals surface area contributed by atoms with Gasteiger partial charge in [0.1, 0.15) is 11.4 Å². The molecule has 0 atom stereocenters. The first kappa shape index (κ1) is 17.6. The van der Waals surface area contributed by atoms with Crippen molar-refractivity contribution in [2.45, 2.75) is 10.9 Å². The van der Waals surface area contributed by atoms with Crippen molar-refractivity contribution >= 4 is 29.1 Å². The van der Waals surface area contributed by atoms with E-state index >= 15 is 0 Å². The second-order valence-electron chi connectivity index (χ2n) is 5.58. The molecule has 0 bridgehead atoms. The minimum absolute atomic E-state index is 0.582. The number of nitrogens with two attached hydrogens (primary N) is 1. The standard InChI is InChI=1S/C17H23N5O2S/c1-19-15-14(18)16(22-7-9-24-10-8-22)21-17(20-15)25-11-12-3-5-13(23-2)6-4-12/h3-6H,7-11,18H2,1-2H3,(H,19,20,21). The molecule has 0 amide bonds. The van der Waals surface area contributed by atoms with E-state index in [1.165, 1.54) is 5.56 Å². The van der Waals surface area contributed by atoms with Gasteiger partial charge in [-0.05, 0) is 17.7 Å². The predicted octanol–water partition coefficient (Wildman–Crippen LogP) is 2.24. The predicted molar refractivity (Wildman–Crippen MR) is 102 cm³/mol. The minimum Gasteiger partial charge on any atom is -0.497 e. The maximum Gasteiger partial charge on any atom is 0.191 e. The first-order valence-corrected chi connectivity index (χ1v) is 9.13. The van der Waals surface area contributed by atoms with Gasteiger partial charge in [0.2, 0.25) is 0 Å². The van der Waals surface area contributed by atoms with E-state index in [0.717, 1.165) is 30.4 Å².